The van der Waals surface area contributed by atoms with Crippen LogP contribution in [0.25, 0.3) is 0 Å². The Morgan fingerprint density at radius 2 is 1.93 bits per heavy atom. The highest BCUT2D eigenvalue weighted by Gasteiger charge is 2.33. The van der Waals surface area contributed by atoms with E-state index in [1.807, 2.05) is 0 Å². The highest BCUT2D eigenvalue weighted by Crippen LogP contribution is 2.38. The molecule has 2 atom stereocenters. The van der Waals surface area contributed by atoms with Crippen LogP contribution in [0.1, 0.15) is 44.9 Å². The van der Waals surface area contributed by atoms with Crippen LogP contribution in [0.2, 0.25) is 0 Å². The molecular weight excluding hydrogens is 176 g/mol. The van der Waals surface area contributed by atoms with Gasteiger partial charge in [0, 0.05) is 13.2 Å². The molecule has 2 nitrogen and oxygen atoms in total. The van der Waals surface area contributed by atoms with Crippen LogP contribution in [-0.4, -0.2) is 24.4 Å². The molecule has 0 aromatic carbocycles. The molecule has 0 bridgehead atoms. The Hall–Kier alpha value is -0.0800. The Morgan fingerprint density at radius 3 is 2.50 bits per heavy atom. The van der Waals surface area contributed by atoms with Crippen molar-refractivity contribution in [3.63, 3.8) is 0 Å². The second-order valence-corrected chi connectivity index (χ2v) is 4.77. The summed E-state index contributed by atoms with van der Waals surface area (Å²) in [4.78, 5) is 0. The molecule has 82 valence electrons. The first-order chi connectivity index (χ1) is 6.92. The largest absolute Gasteiger partial charge is 0.396 e. The second kappa shape index (κ2) is 5.13. The van der Waals surface area contributed by atoms with Crippen LogP contribution in [0.4, 0.5) is 0 Å². The molecule has 0 aromatic rings. The fraction of sp³-hybridized carbons (Fsp3) is 1.00. The van der Waals surface area contributed by atoms with Crippen LogP contribution >= 0.6 is 0 Å². The molecule has 2 heteroatoms. The SMILES string of the molecule is OCCC(C1CCCC1)C1CCCO1. The van der Waals surface area contributed by atoms with E-state index < -0.39 is 0 Å². The van der Waals surface area contributed by atoms with E-state index in [-0.39, 0.29) is 0 Å². The molecule has 2 fully saturated rings. The summed E-state index contributed by atoms with van der Waals surface area (Å²) in [6.07, 6.45) is 9.37. The number of aliphatic hydroxyl groups is 1. The van der Waals surface area contributed by atoms with Crippen LogP contribution in [0.5, 0.6) is 0 Å². The number of ether oxygens (including phenoxy) is 1. The lowest BCUT2D eigenvalue weighted by Gasteiger charge is -2.27. The van der Waals surface area contributed by atoms with Crippen LogP contribution in [0.15, 0.2) is 0 Å². The van der Waals surface area contributed by atoms with Crippen molar-refractivity contribution >= 4 is 0 Å². The normalized spacial score (nSPS) is 31.1. The van der Waals surface area contributed by atoms with E-state index in [1.54, 1.807) is 0 Å². The summed E-state index contributed by atoms with van der Waals surface area (Å²) in [7, 11) is 0. The Morgan fingerprint density at radius 1 is 1.14 bits per heavy atom. The van der Waals surface area contributed by atoms with Gasteiger partial charge < -0.3 is 9.84 Å². The van der Waals surface area contributed by atoms with Crippen molar-refractivity contribution in [3.8, 4) is 0 Å². The zero-order chi connectivity index (χ0) is 9.80. The predicted octanol–water partition coefficient (Wildman–Crippen LogP) is 2.35. The van der Waals surface area contributed by atoms with Crippen LogP contribution in [0.3, 0.4) is 0 Å². The van der Waals surface area contributed by atoms with Gasteiger partial charge >= 0.3 is 0 Å². The molecular formula is C12H22O2. The maximum absolute atomic E-state index is 9.10. The molecule has 1 aliphatic carbocycles. The van der Waals surface area contributed by atoms with Crippen molar-refractivity contribution in [2.75, 3.05) is 13.2 Å². The molecule has 0 radical (unpaired) electrons. The Kier molecular flexibility index (Phi) is 3.82. The van der Waals surface area contributed by atoms with Gasteiger partial charge in [0.05, 0.1) is 6.10 Å². The molecule has 2 rings (SSSR count). The zero-order valence-electron chi connectivity index (χ0n) is 8.95. The fourth-order valence-electron chi connectivity index (χ4n) is 3.20. The molecule has 2 unspecified atom stereocenters. The van der Waals surface area contributed by atoms with Crippen molar-refractivity contribution in [2.24, 2.45) is 11.8 Å². The smallest absolute Gasteiger partial charge is 0.0607 e. The van der Waals surface area contributed by atoms with Crippen molar-refractivity contribution in [1.29, 1.82) is 0 Å². The van der Waals surface area contributed by atoms with E-state index in [0.717, 1.165) is 18.9 Å². The third kappa shape index (κ3) is 2.29. The van der Waals surface area contributed by atoms with Gasteiger partial charge in [0.2, 0.25) is 0 Å². The van der Waals surface area contributed by atoms with Crippen LogP contribution in [-0.2, 0) is 4.74 Å². The standard InChI is InChI=1S/C12H22O2/c13-8-7-11(10-4-1-2-5-10)12-6-3-9-14-12/h10-13H,1-9H2. The molecule has 1 N–H and O–H groups in total. The van der Waals surface area contributed by atoms with E-state index in [2.05, 4.69) is 0 Å². The first kappa shape index (κ1) is 10.4. The van der Waals surface area contributed by atoms with Gasteiger partial charge in [-0.3, -0.25) is 0 Å². The monoisotopic (exact) mass is 198 g/mol. The van der Waals surface area contributed by atoms with E-state index >= 15 is 0 Å². The molecule has 0 amide bonds. The van der Waals surface area contributed by atoms with Gasteiger partial charge in [-0.1, -0.05) is 25.7 Å². The molecule has 1 saturated carbocycles. The minimum absolute atomic E-state index is 0.334. The lowest BCUT2D eigenvalue weighted by Crippen LogP contribution is -2.27. The maximum atomic E-state index is 9.10. The van der Waals surface area contributed by atoms with Crippen molar-refractivity contribution in [2.45, 2.75) is 51.0 Å². The van der Waals surface area contributed by atoms with Crippen LogP contribution < -0.4 is 0 Å². The van der Waals surface area contributed by atoms with Gasteiger partial charge in [0.25, 0.3) is 0 Å². The number of aliphatic hydroxyl groups excluding tert-OH is 1. The van der Waals surface area contributed by atoms with Gasteiger partial charge in [-0.05, 0) is 31.1 Å². The average Bonchev–Trinajstić information content (AvgIpc) is 2.87. The number of rotatable bonds is 4. The minimum atomic E-state index is 0.334. The molecule has 14 heavy (non-hydrogen) atoms. The molecule has 1 aliphatic heterocycles. The summed E-state index contributed by atoms with van der Waals surface area (Å²) >= 11 is 0. The Balaban J connectivity index is 1.91. The Labute approximate surface area is 86.6 Å². The van der Waals surface area contributed by atoms with Gasteiger partial charge in [-0.2, -0.15) is 0 Å². The molecule has 2 aliphatic rings. The van der Waals surface area contributed by atoms with Crippen molar-refractivity contribution in [3.05, 3.63) is 0 Å². The van der Waals surface area contributed by atoms with Crippen LogP contribution in [0, 0.1) is 11.8 Å². The molecule has 1 heterocycles. The first-order valence-electron chi connectivity index (χ1n) is 6.14. The molecule has 0 spiro atoms. The lowest BCUT2D eigenvalue weighted by atomic mass is 9.83. The maximum Gasteiger partial charge on any atom is 0.0607 e. The topological polar surface area (TPSA) is 29.5 Å². The fourth-order valence-corrected chi connectivity index (χ4v) is 3.20. The third-order valence-corrected chi connectivity index (χ3v) is 3.91. The number of hydrogen-bond donors (Lipinski definition) is 1. The van der Waals surface area contributed by atoms with E-state index in [1.165, 1.54) is 38.5 Å². The highest BCUT2D eigenvalue weighted by atomic mass is 16.5. The Bertz CT molecular complexity index is 142. The zero-order valence-corrected chi connectivity index (χ0v) is 8.95. The van der Waals surface area contributed by atoms with Crippen molar-refractivity contribution in [1.82, 2.24) is 0 Å². The third-order valence-electron chi connectivity index (χ3n) is 3.91. The predicted molar refractivity (Wildman–Crippen MR) is 56.1 cm³/mol. The lowest BCUT2D eigenvalue weighted by molar-refractivity contribution is 0.0269. The van der Waals surface area contributed by atoms with Gasteiger partial charge in [0.15, 0.2) is 0 Å². The van der Waals surface area contributed by atoms with E-state index in [4.69, 9.17) is 9.84 Å². The summed E-state index contributed by atoms with van der Waals surface area (Å²) in [6, 6.07) is 0. The molecule has 1 saturated heterocycles. The summed E-state index contributed by atoms with van der Waals surface area (Å²) in [5.74, 6) is 1.48. The van der Waals surface area contributed by atoms with Gasteiger partial charge in [0.1, 0.15) is 0 Å². The van der Waals surface area contributed by atoms with Gasteiger partial charge in [-0.15, -0.1) is 0 Å². The summed E-state index contributed by atoms with van der Waals surface area (Å²) in [6.45, 7) is 1.28. The van der Waals surface area contributed by atoms with E-state index in [0.29, 0.717) is 18.6 Å². The van der Waals surface area contributed by atoms with Crippen molar-refractivity contribution < 1.29 is 9.84 Å². The molecule has 0 aromatic heterocycles. The summed E-state index contributed by atoms with van der Waals surface area (Å²) in [5.41, 5.74) is 0. The van der Waals surface area contributed by atoms with E-state index in [9.17, 15) is 0 Å². The quantitative estimate of drug-likeness (QED) is 0.751. The summed E-state index contributed by atoms with van der Waals surface area (Å²) in [5, 5.41) is 9.10. The second-order valence-electron chi connectivity index (χ2n) is 4.77. The van der Waals surface area contributed by atoms with Gasteiger partial charge in [-0.25, -0.2) is 0 Å². The summed E-state index contributed by atoms with van der Waals surface area (Å²) < 4.78 is 5.77. The number of hydrogen-bond acceptors (Lipinski definition) is 2. The average molecular weight is 198 g/mol. The highest BCUT2D eigenvalue weighted by molar-refractivity contribution is 4.83. The minimum Gasteiger partial charge on any atom is -0.396 e. The first-order valence-corrected chi connectivity index (χ1v) is 6.14.